The first-order valence-electron chi connectivity index (χ1n) is 9.11. The van der Waals surface area contributed by atoms with Crippen LogP contribution < -0.4 is 5.32 Å². The molecular weight excluding hydrogens is 378 g/mol. The van der Waals surface area contributed by atoms with Gasteiger partial charge in [-0.1, -0.05) is 29.8 Å². The molecule has 2 aromatic rings. The zero-order valence-corrected chi connectivity index (χ0v) is 17.0. The van der Waals surface area contributed by atoms with E-state index >= 15 is 0 Å². The molecule has 6 nitrogen and oxygen atoms in total. The number of nitrogens with one attached hydrogen (secondary N) is 1. The number of anilines is 1. The SMILES string of the molecule is COC(=O)c1c(NC(=O)CCc2ccc(C)cc2)sc2c1[C@@H](C(=O)OC)CC2. The largest absolute Gasteiger partial charge is 0.469 e. The Morgan fingerprint density at radius 2 is 1.86 bits per heavy atom. The average molecular weight is 401 g/mol. The number of ether oxygens (including phenoxy) is 2. The van der Waals surface area contributed by atoms with Crippen LogP contribution in [-0.2, 0) is 31.9 Å². The summed E-state index contributed by atoms with van der Waals surface area (Å²) in [5, 5.41) is 3.28. The van der Waals surface area contributed by atoms with Crippen LogP contribution >= 0.6 is 11.3 Å². The second kappa shape index (κ2) is 8.56. The van der Waals surface area contributed by atoms with Crippen LogP contribution in [0.5, 0.6) is 0 Å². The van der Waals surface area contributed by atoms with E-state index in [0.29, 0.717) is 36.2 Å². The minimum absolute atomic E-state index is 0.180. The first-order valence-corrected chi connectivity index (χ1v) is 9.93. The van der Waals surface area contributed by atoms with Crippen molar-refractivity contribution in [3.8, 4) is 0 Å². The van der Waals surface area contributed by atoms with Crippen LogP contribution in [-0.4, -0.2) is 32.1 Å². The Hall–Kier alpha value is -2.67. The predicted molar refractivity (Wildman–Crippen MR) is 107 cm³/mol. The highest BCUT2D eigenvalue weighted by Crippen LogP contribution is 2.45. The highest BCUT2D eigenvalue weighted by molar-refractivity contribution is 7.17. The number of fused-ring (bicyclic) bond motifs is 1. The van der Waals surface area contributed by atoms with Crippen molar-refractivity contribution >= 4 is 34.2 Å². The van der Waals surface area contributed by atoms with Gasteiger partial charge < -0.3 is 14.8 Å². The quantitative estimate of drug-likeness (QED) is 0.748. The molecule has 1 aliphatic rings. The number of esters is 2. The lowest BCUT2D eigenvalue weighted by Gasteiger charge is -2.11. The second-order valence-electron chi connectivity index (χ2n) is 6.78. The standard InChI is InChI=1S/C21H23NO5S/c1-12-4-6-13(7-5-12)8-11-16(23)22-19-18(21(25)27-3)17-14(20(24)26-2)9-10-15(17)28-19/h4-7,14H,8-11H2,1-3H3,(H,22,23)/t14-/m0/s1. The van der Waals surface area contributed by atoms with E-state index in [0.717, 1.165) is 10.4 Å². The molecule has 148 valence electrons. The van der Waals surface area contributed by atoms with Crippen molar-refractivity contribution in [2.75, 3.05) is 19.5 Å². The number of hydrogen-bond donors (Lipinski definition) is 1. The van der Waals surface area contributed by atoms with Crippen LogP contribution in [0, 0.1) is 6.92 Å². The van der Waals surface area contributed by atoms with Gasteiger partial charge in [0.25, 0.3) is 0 Å². The lowest BCUT2D eigenvalue weighted by molar-refractivity contribution is -0.142. The molecule has 1 aromatic carbocycles. The summed E-state index contributed by atoms with van der Waals surface area (Å²) in [6, 6.07) is 8.03. The van der Waals surface area contributed by atoms with E-state index in [2.05, 4.69) is 5.32 Å². The van der Waals surface area contributed by atoms with E-state index in [-0.39, 0.29) is 17.4 Å². The minimum Gasteiger partial charge on any atom is -0.469 e. The Morgan fingerprint density at radius 1 is 1.14 bits per heavy atom. The number of amides is 1. The highest BCUT2D eigenvalue weighted by Gasteiger charge is 2.38. The molecule has 7 heteroatoms. The molecule has 0 saturated heterocycles. The third-order valence-corrected chi connectivity index (χ3v) is 6.10. The van der Waals surface area contributed by atoms with E-state index in [4.69, 9.17) is 9.47 Å². The first-order chi connectivity index (χ1) is 13.4. The van der Waals surface area contributed by atoms with E-state index in [1.165, 1.54) is 31.1 Å². The Labute approximate surface area is 167 Å². The minimum atomic E-state index is -0.554. The summed E-state index contributed by atoms with van der Waals surface area (Å²) in [7, 11) is 2.62. The molecule has 0 fully saturated rings. The van der Waals surface area contributed by atoms with Crippen LogP contribution in [0.15, 0.2) is 24.3 Å². The van der Waals surface area contributed by atoms with Gasteiger partial charge in [-0.25, -0.2) is 4.79 Å². The Balaban J connectivity index is 1.78. The van der Waals surface area contributed by atoms with Gasteiger partial charge in [0.1, 0.15) is 5.00 Å². The fourth-order valence-electron chi connectivity index (χ4n) is 3.44. The number of hydrogen-bond acceptors (Lipinski definition) is 6. The summed E-state index contributed by atoms with van der Waals surface area (Å²) in [5.74, 6) is -1.61. The van der Waals surface area contributed by atoms with Crippen molar-refractivity contribution in [3.05, 3.63) is 51.4 Å². The van der Waals surface area contributed by atoms with Crippen LogP contribution in [0.4, 0.5) is 5.00 Å². The van der Waals surface area contributed by atoms with Gasteiger partial charge >= 0.3 is 11.9 Å². The zero-order chi connectivity index (χ0) is 20.3. The van der Waals surface area contributed by atoms with Gasteiger partial charge in [0.05, 0.1) is 25.7 Å². The maximum absolute atomic E-state index is 12.5. The molecule has 1 heterocycles. The molecule has 0 bridgehead atoms. The summed E-state index contributed by atoms with van der Waals surface area (Å²) in [5.41, 5.74) is 3.16. The number of thiophene rings is 1. The van der Waals surface area contributed by atoms with Crippen LogP contribution in [0.3, 0.4) is 0 Å². The molecule has 0 spiro atoms. The summed E-state index contributed by atoms with van der Waals surface area (Å²) in [4.78, 5) is 37.9. The lowest BCUT2D eigenvalue weighted by Crippen LogP contribution is -2.17. The monoisotopic (exact) mass is 401 g/mol. The van der Waals surface area contributed by atoms with E-state index in [1.807, 2.05) is 31.2 Å². The smallest absolute Gasteiger partial charge is 0.341 e. The number of benzene rings is 1. The van der Waals surface area contributed by atoms with Crippen molar-refractivity contribution in [2.24, 2.45) is 0 Å². The summed E-state index contributed by atoms with van der Waals surface area (Å²) in [6.07, 6.45) is 2.17. The summed E-state index contributed by atoms with van der Waals surface area (Å²) >= 11 is 1.34. The van der Waals surface area contributed by atoms with Gasteiger partial charge in [0.2, 0.25) is 5.91 Å². The summed E-state index contributed by atoms with van der Waals surface area (Å²) in [6.45, 7) is 2.02. The van der Waals surface area contributed by atoms with Gasteiger partial charge in [0.15, 0.2) is 0 Å². The molecule has 1 amide bonds. The first kappa shape index (κ1) is 20.1. The Kier molecular flexibility index (Phi) is 6.14. The third kappa shape index (κ3) is 4.09. The van der Waals surface area contributed by atoms with Gasteiger partial charge in [0, 0.05) is 11.3 Å². The average Bonchev–Trinajstić information content (AvgIpc) is 3.25. The molecule has 3 rings (SSSR count). The number of aryl methyl sites for hydroxylation is 3. The van der Waals surface area contributed by atoms with E-state index < -0.39 is 11.9 Å². The lowest BCUT2D eigenvalue weighted by atomic mass is 9.99. The maximum Gasteiger partial charge on any atom is 0.341 e. The van der Waals surface area contributed by atoms with Gasteiger partial charge in [-0.15, -0.1) is 11.3 Å². The van der Waals surface area contributed by atoms with Crippen LogP contribution in [0.25, 0.3) is 0 Å². The van der Waals surface area contributed by atoms with E-state index in [9.17, 15) is 14.4 Å². The van der Waals surface area contributed by atoms with E-state index in [1.54, 1.807) is 0 Å². The molecular formula is C21H23NO5S. The van der Waals surface area contributed by atoms with Gasteiger partial charge in [-0.3, -0.25) is 9.59 Å². The fourth-order valence-corrected chi connectivity index (χ4v) is 4.72. The zero-order valence-electron chi connectivity index (χ0n) is 16.2. The van der Waals surface area contributed by atoms with Crippen molar-refractivity contribution in [2.45, 2.75) is 38.5 Å². The summed E-state index contributed by atoms with van der Waals surface area (Å²) < 4.78 is 9.78. The fraction of sp³-hybridized carbons (Fsp3) is 0.381. The molecule has 1 N–H and O–H groups in total. The number of carbonyl (C=O) groups excluding carboxylic acids is 3. The van der Waals surface area contributed by atoms with Crippen molar-refractivity contribution < 1.29 is 23.9 Å². The van der Waals surface area contributed by atoms with Crippen molar-refractivity contribution in [3.63, 3.8) is 0 Å². The molecule has 0 radical (unpaired) electrons. The predicted octanol–water partition coefficient (Wildman–Crippen LogP) is 3.62. The highest BCUT2D eigenvalue weighted by atomic mass is 32.1. The Bertz CT molecular complexity index is 900. The second-order valence-corrected chi connectivity index (χ2v) is 7.89. The number of rotatable bonds is 6. The van der Waals surface area contributed by atoms with Crippen molar-refractivity contribution in [1.82, 2.24) is 0 Å². The number of carbonyl (C=O) groups is 3. The molecule has 0 saturated carbocycles. The molecule has 1 aromatic heterocycles. The van der Waals surface area contributed by atoms with Crippen molar-refractivity contribution in [1.29, 1.82) is 0 Å². The normalized spacial score (nSPS) is 15.0. The van der Waals surface area contributed by atoms with Crippen LogP contribution in [0.1, 0.15) is 50.7 Å². The topological polar surface area (TPSA) is 81.7 Å². The van der Waals surface area contributed by atoms with Gasteiger partial charge in [-0.2, -0.15) is 0 Å². The molecule has 1 aliphatic carbocycles. The number of methoxy groups -OCH3 is 2. The third-order valence-electron chi connectivity index (χ3n) is 4.92. The van der Waals surface area contributed by atoms with Gasteiger partial charge in [-0.05, 0) is 37.3 Å². The molecule has 28 heavy (non-hydrogen) atoms. The maximum atomic E-state index is 12.5. The van der Waals surface area contributed by atoms with Crippen LogP contribution in [0.2, 0.25) is 0 Å². The molecule has 1 atom stereocenters. The molecule has 0 aliphatic heterocycles. The Morgan fingerprint density at radius 3 is 2.50 bits per heavy atom. The molecule has 0 unspecified atom stereocenters.